The van der Waals surface area contributed by atoms with Crippen LogP contribution in [0, 0.1) is 5.92 Å². The highest BCUT2D eigenvalue weighted by molar-refractivity contribution is 7.92. The van der Waals surface area contributed by atoms with Crippen LogP contribution in [0.2, 0.25) is 0 Å². The van der Waals surface area contributed by atoms with Crippen LogP contribution in [0.15, 0.2) is 53.4 Å². The van der Waals surface area contributed by atoms with Crippen molar-refractivity contribution in [2.45, 2.75) is 31.1 Å². The van der Waals surface area contributed by atoms with Crippen LogP contribution in [0.1, 0.15) is 35.7 Å². The Morgan fingerprint density at radius 2 is 1.90 bits per heavy atom. The highest BCUT2D eigenvalue weighted by Crippen LogP contribution is 2.32. The number of fused-ring (bicyclic) bond motifs is 1. The average Bonchev–Trinajstić information content (AvgIpc) is 3.22. The molecule has 1 saturated heterocycles. The summed E-state index contributed by atoms with van der Waals surface area (Å²) in [5.74, 6) is -0.499. The van der Waals surface area contributed by atoms with Crippen molar-refractivity contribution in [1.82, 2.24) is 4.90 Å². The number of sulfonamides is 1. The molecular formula is C23H26N2O5S. The molecule has 7 nitrogen and oxygen atoms in total. The smallest absolute Gasteiger partial charge is 0.338 e. The molecule has 2 aliphatic rings. The number of anilines is 1. The summed E-state index contributed by atoms with van der Waals surface area (Å²) in [6.07, 6.45) is 2.68. The number of amides is 1. The standard InChI is InChI=1S/C23H26N2O5S/c1-17-6-5-12-24(15-17)22(26)16-30-23(27)19-8-4-9-20(14-19)31(28,29)25-13-11-18-7-2-3-10-21(18)25/h2-4,7-10,14,17H,5-6,11-13,15-16H2,1H3/t17-/m1/s1. The minimum absolute atomic E-state index is 0.0230. The molecule has 1 fully saturated rings. The summed E-state index contributed by atoms with van der Waals surface area (Å²) < 4.78 is 32.9. The number of nitrogens with zero attached hydrogens (tertiary/aromatic N) is 2. The SMILES string of the molecule is C[C@@H]1CCCN(C(=O)COC(=O)c2cccc(S(=O)(=O)N3CCc4ccccc43)c2)C1. The van der Waals surface area contributed by atoms with Crippen LogP contribution in [0.3, 0.4) is 0 Å². The van der Waals surface area contributed by atoms with Gasteiger partial charge in [-0.25, -0.2) is 13.2 Å². The van der Waals surface area contributed by atoms with Gasteiger partial charge in [0.05, 0.1) is 16.1 Å². The van der Waals surface area contributed by atoms with Gasteiger partial charge in [-0.15, -0.1) is 0 Å². The molecule has 0 unspecified atom stereocenters. The van der Waals surface area contributed by atoms with E-state index in [1.807, 2.05) is 12.1 Å². The van der Waals surface area contributed by atoms with Crippen LogP contribution >= 0.6 is 0 Å². The van der Waals surface area contributed by atoms with Gasteiger partial charge in [0.15, 0.2) is 6.61 Å². The van der Waals surface area contributed by atoms with Crippen LogP contribution in [0.25, 0.3) is 0 Å². The molecule has 0 radical (unpaired) electrons. The lowest BCUT2D eigenvalue weighted by molar-refractivity contribution is -0.136. The number of rotatable bonds is 5. The molecule has 1 amide bonds. The fourth-order valence-corrected chi connectivity index (χ4v) is 5.74. The number of likely N-dealkylation sites (tertiary alicyclic amines) is 1. The van der Waals surface area contributed by atoms with Crippen molar-refractivity contribution in [3.05, 3.63) is 59.7 Å². The Morgan fingerprint density at radius 3 is 2.71 bits per heavy atom. The van der Waals surface area contributed by atoms with E-state index in [1.165, 1.54) is 28.6 Å². The van der Waals surface area contributed by atoms with Crippen LogP contribution < -0.4 is 4.31 Å². The molecule has 0 bridgehead atoms. The first-order valence-corrected chi connectivity index (χ1v) is 12.0. The number of para-hydroxylation sites is 1. The molecule has 4 rings (SSSR count). The fourth-order valence-electron chi connectivity index (χ4n) is 4.19. The third-order valence-electron chi connectivity index (χ3n) is 5.84. The Kier molecular flexibility index (Phi) is 6.00. The predicted molar refractivity (Wildman–Crippen MR) is 116 cm³/mol. The van der Waals surface area contributed by atoms with E-state index in [0.29, 0.717) is 37.7 Å². The summed E-state index contributed by atoms with van der Waals surface area (Å²) in [6.45, 7) is 3.45. The van der Waals surface area contributed by atoms with Crippen molar-refractivity contribution in [3.8, 4) is 0 Å². The topological polar surface area (TPSA) is 84.0 Å². The highest BCUT2D eigenvalue weighted by atomic mass is 32.2. The number of carbonyl (C=O) groups excluding carboxylic acids is 2. The van der Waals surface area contributed by atoms with Crippen molar-refractivity contribution in [1.29, 1.82) is 0 Å². The molecule has 8 heteroatoms. The van der Waals surface area contributed by atoms with E-state index >= 15 is 0 Å². The van der Waals surface area contributed by atoms with Crippen molar-refractivity contribution in [2.24, 2.45) is 5.92 Å². The number of hydrogen-bond donors (Lipinski definition) is 0. The quantitative estimate of drug-likeness (QED) is 0.665. The first kappa shape index (κ1) is 21.4. The Bertz CT molecular complexity index is 1100. The molecule has 2 heterocycles. The molecule has 164 valence electrons. The van der Waals surface area contributed by atoms with Gasteiger partial charge in [-0.3, -0.25) is 9.10 Å². The van der Waals surface area contributed by atoms with E-state index in [9.17, 15) is 18.0 Å². The van der Waals surface area contributed by atoms with Crippen LogP contribution in [0.5, 0.6) is 0 Å². The Morgan fingerprint density at radius 1 is 1.10 bits per heavy atom. The summed E-state index contributed by atoms with van der Waals surface area (Å²) in [5, 5.41) is 0. The highest BCUT2D eigenvalue weighted by Gasteiger charge is 2.31. The van der Waals surface area contributed by atoms with Gasteiger partial charge in [0, 0.05) is 19.6 Å². The molecular weight excluding hydrogens is 416 g/mol. The van der Waals surface area contributed by atoms with E-state index in [1.54, 1.807) is 17.0 Å². The van der Waals surface area contributed by atoms with Crippen LogP contribution in [0.4, 0.5) is 5.69 Å². The molecule has 0 aliphatic carbocycles. The summed E-state index contributed by atoms with van der Waals surface area (Å²) in [6, 6.07) is 13.2. The fraction of sp³-hybridized carbons (Fsp3) is 0.391. The molecule has 1 atom stereocenters. The van der Waals surface area contributed by atoms with Crippen molar-refractivity contribution >= 4 is 27.6 Å². The lowest BCUT2D eigenvalue weighted by Crippen LogP contribution is -2.41. The Labute approximate surface area is 182 Å². The van der Waals surface area contributed by atoms with Gasteiger partial charge in [-0.05, 0) is 55.0 Å². The summed E-state index contributed by atoms with van der Waals surface area (Å²) in [4.78, 5) is 26.6. The number of benzene rings is 2. The zero-order valence-electron chi connectivity index (χ0n) is 17.5. The zero-order valence-corrected chi connectivity index (χ0v) is 18.3. The number of ether oxygens (including phenoxy) is 1. The molecule has 0 aromatic heterocycles. The number of hydrogen-bond acceptors (Lipinski definition) is 5. The minimum atomic E-state index is -3.81. The van der Waals surface area contributed by atoms with Gasteiger partial charge < -0.3 is 9.64 Å². The van der Waals surface area contributed by atoms with Gasteiger partial charge >= 0.3 is 5.97 Å². The second-order valence-corrected chi connectivity index (χ2v) is 10.0. The van der Waals surface area contributed by atoms with E-state index in [-0.39, 0.29) is 23.0 Å². The molecule has 31 heavy (non-hydrogen) atoms. The second kappa shape index (κ2) is 8.70. The van der Waals surface area contributed by atoms with Crippen molar-refractivity contribution in [2.75, 3.05) is 30.5 Å². The summed E-state index contributed by atoms with van der Waals surface area (Å²) >= 11 is 0. The molecule has 0 spiro atoms. The van der Waals surface area contributed by atoms with Crippen LogP contribution in [-0.2, 0) is 26.0 Å². The number of esters is 1. The van der Waals surface area contributed by atoms with E-state index in [4.69, 9.17) is 4.74 Å². The van der Waals surface area contributed by atoms with Crippen molar-refractivity contribution in [3.63, 3.8) is 0 Å². The lowest BCUT2D eigenvalue weighted by atomic mass is 10.0. The maximum absolute atomic E-state index is 13.2. The molecule has 2 aromatic rings. The van der Waals surface area contributed by atoms with Gasteiger partial charge in [0.25, 0.3) is 15.9 Å². The maximum atomic E-state index is 13.2. The van der Waals surface area contributed by atoms with Gasteiger partial charge in [0.1, 0.15) is 0 Å². The van der Waals surface area contributed by atoms with E-state index < -0.39 is 16.0 Å². The van der Waals surface area contributed by atoms with Crippen molar-refractivity contribution < 1.29 is 22.7 Å². The summed E-state index contributed by atoms with van der Waals surface area (Å²) in [5.41, 5.74) is 1.75. The summed E-state index contributed by atoms with van der Waals surface area (Å²) in [7, 11) is -3.81. The maximum Gasteiger partial charge on any atom is 0.338 e. The Hall–Kier alpha value is -2.87. The molecule has 2 aliphatic heterocycles. The third kappa shape index (κ3) is 4.44. The van der Waals surface area contributed by atoms with Crippen LogP contribution in [-0.4, -0.2) is 51.4 Å². The normalized spacial score (nSPS) is 18.5. The first-order valence-electron chi connectivity index (χ1n) is 10.5. The molecule has 0 N–H and O–H groups in total. The number of piperidine rings is 1. The first-order chi connectivity index (χ1) is 14.9. The second-order valence-electron chi connectivity index (χ2n) is 8.15. The molecule has 2 aromatic carbocycles. The monoisotopic (exact) mass is 442 g/mol. The minimum Gasteiger partial charge on any atom is -0.452 e. The third-order valence-corrected chi connectivity index (χ3v) is 7.65. The number of carbonyl (C=O) groups is 2. The Balaban J connectivity index is 1.45. The average molecular weight is 443 g/mol. The van der Waals surface area contributed by atoms with Gasteiger partial charge in [-0.2, -0.15) is 0 Å². The largest absolute Gasteiger partial charge is 0.452 e. The van der Waals surface area contributed by atoms with Gasteiger partial charge in [-0.1, -0.05) is 31.2 Å². The molecule has 0 saturated carbocycles. The van der Waals surface area contributed by atoms with E-state index in [2.05, 4.69) is 6.92 Å². The zero-order chi connectivity index (χ0) is 22.0. The lowest BCUT2D eigenvalue weighted by Gasteiger charge is -2.30. The predicted octanol–water partition coefficient (Wildman–Crippen LogP) is 2.85. The van der Waals surface area contributed by atoms with Gasteiger partial charge in [0.2, 0.25) is 0 Å². The van der Waals surface area contributed by atoms with E-state index in [0.717, 1.165) is 18.4 Å².